The monoisotopic (exact) mass is 205 g/mol. The molecule has 0 unspecified atom stereocenters. The lowest BCUT2D eigenvalue weighted by Crippen LogP contribution is -2.30. The molecular formula is C12H19N3. The van der Waals surface area contributed by atoms with Crippen LogP contribution in [-0.4, -0.2) is 9.97 Å². The Labute approximate surface area is 91.1 Å². The third-order valence-electron chi connectivity index (χ3n) is 3.12. The highest BCUT2D eigenvalue weighted by Gasteiger charge is 2.21. The van der Waals surface area contributed by atoms with E-state index in [1.807, 2.05) is 13.8 Å². The highest BCUT2D eigenvalue weighted by Crippen LogP contribution is 2.33. The maximum atomic E-state index is 6.03. The van der Waals surface area contributed by atoms with Gasteiger partial charge in [0, 0.05) is 11.6 Å². The summed E-state index contributed by atoms with van der Waals surface area (Å²) in [6.45, 7) is 3.96. The minimum absolute atomic E-state index is 0.365. The van der Waals surface area contributed by atoms with Crippen molar-refractivity contribution in [2.75, 3.05) is 0 Å². The summed E-state index contributed by atoms with van der Waals surface area (Å²) in [5.41, 5.74) is 7.79. The fourth-order valence-corrected chi connectivity index (χ4v) is 2.17. The first-order valence-corrected chi connectivity index (χ1v) is 5.68. The molecule has 2 rings (SSSR count). The molecule has 82 valence electrons. The van der Waals surface area contributed by atoms with E-state index in [0.29, 0.717) is 5.92 Å². The highest BCUT2D eigenvalue weighted by atomic mass is 14.9. The molecule has 15 heavy (non-hydrogen) atoms. The van der Waals surface area contributed by atoms with E-state index in [9.17, 15) is 0 Å². The van der Waals surface area contributed by atoms with E-state index in [-0.39, 0.29) is 5.54 Å². The molecule has 1 fully saturated rings. The predicted octanol–water partition coefficient (Wildman–Crippen LogP) is 2.33. The molecule has 1 aliphatic rings. The Hall–Kier alpha value is -0.960. The van der Waals surface area contributed by atoms with E-state index < -0.39 is 0 Å². The highest BCUT2D eigenvalue weighted by molar-refractivity contribution is 5.18. The lowest BCUT2D eigenvalue weighted by atomic mass is 9.97. The van der Waals surface area contributed by atoms with E-state index in [2.05, 4.69) is 16.0 Å². The number of rotatable bonds is 2. The van der Waals surface area contributed by atoms with Crippen LogP contribution in [0.2, 0.25) is 0 Å². The van der Waals surface area contributed by atoms with Crippen LogP contribution in [0.4, 0.5) is 0 Å². The van der Waals surface area contributed by atoms with Crippen LogP contribution in [0, 0.1) is 0 Å². The third kappa shape index (κ3) is 2.34. The summed E-state index contributed by atoms with van der Waals surface area (Å²) in [6.07, 6.45) is 6.84. The van der Waals surface area contributed by atoms with Crippen LogP contribution in [-0.2, 0) is 5.54 Å². The molecule has 1 aromatic rings. The molecule has 3 heteroatoms. The van der Waals surface area contributed by atoms with Gasteiger partial charge in [-0.25, -0.2) is 9.97 Å². The van der Waals surface area contributed by atoms with E-state index in [1.165, 1.54) is 31.4 Å². The fraction of sp³-hybridized carbons (Fsp3) is 0.667. The number of nitrogens with two attached hydrogens (primary N) is 1. The van der Waals surface area contributed by atoms with Crippen molar-refractivity contribution in [2.24, 2.45) is 5.73 Å². The van der Waals surface area contributed by atoms with Gasteiger partial charge in [0.15, 0.2) is 0 Å². The maximum absolute atomic E-state index is 6.03. The second-order valence-electron chi connectivity index (χ2n) is 5.03. The Morgan fingerprint density at radius 1 is 1.27 bits per heavy atom. The SMILES string of the molecule is CC(C)(N)c1cc(C2CCCC2)ncn1. The van der Waals surface area contributed by atoms with Crippen LogP contribution in [0.3, 0.4) is 0 Å². The topological polar surface area (TPSA) is 51.8 Å². The summed E-state index contributed by atoms with van der Waals surface area (Å²) in [5, 5.41) is 0. The lowest BCUT2D eigenvalue weighted by molar-refractivity contribution is 0.529. The number of aromatic nitrogens is 2. The summed E-state index contributed by atoms with van der Waals surface area (Å²) < 4.78 is 0. The molecule has 0 bridgehead atoms. The molecule has 0 saturated heterocycles. The molecule has 1 aromatic heterocycles. The van der Waals surface area contributed by atoms with Crippen molar-refractivity contribution in [3.8, 4) is 0 Å². The van der Waals surface area contributed by atoms with Gasteiger partial charge in [-0.05, 0) is 32.8 Å². The molecule has 0 radical (unpaired) electrons. The van der Waals surface area contributed by atoms with Crippen LogP contribution < -0.4 is 5.73 Å². The van der Waals surface area contributed by atoms with Crippen LogP contribution in [0.15, 0.2) is 12.4 Å². The Balaban J connectivity index is 2.26. The molecule has 0 atom stereocenters. The van der Waals surface area contributed by atoms with E-state index in [4.69, 9.17) is 5.73 Å². The third-order valence-corrected chi connectivity index (χ3v) is 3.12. The Morgan fingerprint density at radius 3 is 2.53 bits per heavy atom. The van der Waals surface area contributed by atoms with E-state index >= 15 is 0 Å². The molecular weight excluding hydrogens is 186 g/mol. The van der Waals surface area contributed by atoms with Crippen molar-refractivity contribution in [1.82, 2.24) is 9.97 Å². The smallest absolute Gasteiger partial charge is 0.116 e. The lowest BCUT2D eigenvalue weighted by Gasteiger charge is -2.19. The first kappa shape index (κ1) is 10.6. The van der Waals surface area contributed by atoms with E-state index in [0.717, 1.165) is 5.69 Å². The van der Waals surface area contributed by atoms with E-state index in [1.54, 1.807) is 6.33 Å². The van der Waals surface area contributed by atoms with Gasteiger partial charge in [-0.1, -0.05) is 12.8 Å². The summed E-state index contributed by atoms with van der Waals surface area (Å²) >= 11 is 0. The molecule has 2 N–H and O–H groups in total. The number of hydrogen-bond acceptors (Lipinski definition) is 3. The van der Waals surface area contributed by atoms with Crippen molar-refractivity contribution >= 4 is 0 Å². The number of hydrogen-bond donors (Lipinski definition) is 1. The van der Waals surface area contributed by atoms with Gasteiger partial charge in [0.2, 0.25) is 0 Å². The predicted molar refractivity (Wildman–Crippen MR) is 60.5 cm³/mol. The van der Waals surface area contributed by atoms with Gasteiger partial charge >= 0.3 is 0 Å². The maximum Gasteiger partial charge on any atom is 0.116 e. The van der Waals surface area contributed by atoms with Crippen molar-refractivity contribution in [3.05, 3.63) is 23.8 Å². The average molecular weight is 205 g/mol. The van der Waals surface area contributed by atoms with Gasteiger partial charge in [0.1, 0.15) is 6.33 Å². The summed E-state index contributed by atoms with van der Waals surface area (Å²) in [6, 6.07) is 2.08. The molecule has 0 spiro atoms. The summed E-state index contributed by atoms with van der Waals surface area (Å²) in [5.74, 6) is 0.633. The largest absolute Gasteiger partial charge is 0.321 e. The van der Waals surface area contributed by atoms with Gasteiger partial charge in [0.05, 0.1) is 11.2 Å². The molecule has 3 nitrogen and oxygen atoms in total. The van der Waals surface area contributed by atoms with Gasteiger partial charge in [-0.15, -0.1) is 0 Å². The molecule has 0 aromatic carbocycles. The zero-order valence-corrected chi connectivity index (χ0v) is 9.53. The van der Waals surface area contributed by atoms with Crippen molar-refractivity contribution in [3.63, 3.8) is 0 Å². The minimum Gasteiger partial charge on any atom is -0.321 e. The molecule has 1 aliphatic carbocycles. The zero-order valence-electron chi connectivity index (χ0n) is 9.53. The Morgan fingerprint density at radius 2 is 1.93 bits per heavy atom. The normalized spacial score (nSPS) is 18.3. The molecule has 1 saturated carbocycles. The Bertz CT molecular complexity index is 335. The van der Waals surface area contributed by atoms with Crippen LogP contribution in [0.1, 0.15) is 56.8 Å². The first-order chi connectivity index (χ1) is 7.07. The Kier molecular flexibility index (Phi) is 2.74. The summed E-state index contributed by atoms with van der Waals surface area (Å²) in [7, 11) is 0. The molecule has 0 aliphatic heterocycles. The van der Waals surface area contributed by atoms with Crippen LogP contribution >= 0.6 is 0 Å². The van der Waals surface area contributed by atoms with Crippen LogP contribution in [0.5, 0.6) is 0 Å². The first-order valence-electron chi connectivity index (χ1n) is 5.68. The van der Waals surface area contributed by atoms with Crippen molar-refractivity contribution in [2.45, 2.75) is 51.0 Å². The second-order valence-corrected chi connectivity index (χ2v) is 5.03. The fourth-order valence-electron chi connectivity index (χ4n) is 2.17. The zero-order chi connectivity index (χ0) is 10.9. The molecule has 0 amide bonds. The number of nitrogens with zero attached hydrogens (tertiary/aromatic N) is 2. The second kappa shape index (κ2) is 3.89. The van der Waals surface area contributed by atoms with Gasteiger partial charge in [-0.3, -0.25) is 0 Å². The summed E-state index contributed by atoms with van der Waals surface area (Å²) in [4.78, 5) is 8.61. The molecule has 1 heterocycles. The van der Waals surface area contributed by atoms with Gasteiger partial charge < -0.3 is 5.73 Å². The standard InChI is InChI=1S/C12H19N3/c1-12(2,13)11-7-10(14-8-15-11)9-5-3-4-6-9/h7-9H,3-6,13H2,1-2H3. The van der Waals surface area contributed by atoms with Crippen molar-refractivity contribution in [1.29, 1.82) is 0 Å². The quantitative estimate of drug-likeness (QED) is 0.806. The van der Waals surface area contributed by atoms with Crippen LogP contribution in [0.25, 0.3) is 0 Å². The van der Waals surface area contributed by atoms with Gasteiger partial charge in [0.25, 0.3) is 0 Å². The van der Waals surface area contributed by atoms with Gasteiger partial charge in [-0.2, -0.15) is 0 Å². The van der Waals surface area contributed by atoms with Crippen molar-refractivity contribution < 1.29 is 0 Å². The minimum atomic E-state index is -0.365. The average Bonchev–Trinajstić information content (AvgIpc) is 2.69.